The minimum absolute atomic E-state index is 0.742. The molecule has 0 aliphatic carbocycles. The number of hydrogen-bond donors (Lipinski definition) is 2. The third-order valence-electron chi connectivity index (χ3n) is 4.89. The number of thiazole rings is 1. The van der Waals surface area contributed by atoms with Gasteiger partial charge in [0.25, 0.3) is 0 Å². The minimum atomic E-state index is 0.742. The predicted octanol–water partition coefficient (Wildman–Crippen LogP) is 3.97. The van der Waals surface area contributed by atoms with E-state index in [-0.39, 0.29) is 0 Å². The molecule has 1 aromatic carbocycles. The van der Waals surface area contributed by atoms with E-state index in [1.54, 1.807) is 17.5 Å². The van der Waals surface area contributed by atoms with Gasteiger partial charge in [0.15, 0.2) is 10.9 Å². The zero-order valence-corrected chi connectivity index (χ0v) is 16.3. The van der Waals surface area contributed by atoms with Gasteiger partial charge in [-0.25, -0.2) is 9.97 Å². The summed E-state index contributed by atoms with van der Waals surface area (Å²) < 4.78 is 6.60. The van der Waals surface area contributed by atoms with Gasteiger partial charge in [-0.05, 0) is 36.8 Å². The number of nitrogens with zero attached hydrogens (tertiary/aromatic N) is 4. The first kappa shape index (κ1) is 17.2. The minimum Gasteiger partial charge on any atom is -0.378 e. The Balaban J connectivity index is 1.45. The maximum absolute atomic E-state index is 5.47. The average Bonchev–Trinajstić information content (AvgIpc) is 3.34. The van der Waals surface area contributed by atoms with Crippen molar-refractivity contribution in [2.45, 2.75) is 6.92 Å². The van der Waals surface area contributed by atoms with Crippen LogP contribution in [-0.2, 0) is 4.74 Å². The van der Waals surface area contributed by atoms with Gasteiger partial charge in [0.05, 0.1) is 35.3 Å². The Labute approximate surface area is 166 Å². The third kappa shape index (κ3) is 3.21. The molecule has 1 saturated heterocycles. The molecule has 0 bridgehead atoms. The molecule has 142 valence electrons. The molecule has 1 aliphatic rings. The van der Waals surface area contributed by atoms with Crippen LogP contribution >= 0.6 is 11.3 Å². The lowest BCUT2D eigenvalue weighted by molar-refractivity contribution is 0.122. The summed E-state index contributed by atoms with van der Waals surface area (Å²) in [6.45, 7) is 5.25. The topological polar surface area (TPSA) is 79.0 Å². The Morgan fingerprint density at radius 2 is 2.11 bits per heavy atom. The van der Waals surface area contributed by atoms with Crippen molar-refractivity contribution in [2.75, 3.05) is 36.5 Å². The van der Waals surface area contributed by atoms with Gasteiger partial charge in [0, 0.05) is 30.5 Å². The molecule has 0 radical (unpaired) electrons. The number of aromatic amines is 1. The number of pyridine rings is 1. The molecule has 28 heavy (non-hydrogen) atoms. The van der Waals surface area contributed by atoms with Crippen LogP contribution in [0.5, 0.6) is 0 Å². The highest BCUT2D eigenvalue weighted by atomic mass is 32.1. The first-order valence-corrected chi connectivity index (χ1v) is 10.1. The van der Waals surface area contributed by atoms with Gasteiger partial charge in [-0.2, -0.15) is 5.10 Å². The summed E-state index contributed by atoms with van der Waals surface area (Å²) in [5.74, 6) is 0.828. The molecule has 0 amide bonds. The van der Waals surface area contributed by atoms with E-state index >= 15 is 0 Å². The van der Waals surface area contributed by atoms with Crippen LogP contribution in [0.25, 0.3) is 21.3 Å². The predicted molar refractivity (Wildman–Crippen MR) is 112 cm³/mol. The number of ether oxygens (including phenoxy) is 1. The zero-order chi connectivity index (χ0) is 18.9. The lowest BCUT2D eigenvalue weighted by Crippen LogP contribution is -2.36. The lowest BCUT2D eigenvalue weighted by Gasteiger charge is -2.29. The quantitative estimate of drug-likeness (QED) is 0.547. The number of H-pyrrole nitrogens is 1. The molecular weight excluding hydrogens is 372 g/mol. The number of nitrogens with one attached hydrogen (secondary N) is 2. The second-order valence-corrected chi connectivity index (χ2v) is 7.74. The van der Waals surface area contributed by atoms with Crippen LogP contribution in [0.2, 0.25) is 0 Å². The van der Waals surface area contributed by atoms with E-state index in [1.807, 2.05) is 19.2 Å². The molecule has 2 N–H and O–H groups in total. The fourth-order valence-electron chi connectivity index (χ4n) is 3.44. The Kier molecular flexibility index (Phi) is 4.42. The summed E-state index contributed by atoms with van der Waals surface area (Å²) in [5.41, 5.74) is 5.37. The molecule has 0 saturated carbocycles. The Morgan fingerprint density at radius 3 is 2.93 bits per heavy atom. The molecule has 0 atom stereocenters. The molecule has 7 nitrogen and oxygen atoms in total. The van der Waals surface area contributed by atoms with Crippen molar-refractivity contribution in [2.24, 2.45) is 0 Å². The number of hydrogen-bond acceptors (Lipinski definition) is 7. The van der Waals surface area contributed by atoms with Crippen molar-refractivity contribution in [1.29, 1.82) is 0 Å². The standard InChI is InChI=1S/C20H20N6OS/c1-13-15(12-22-25-13)14-4-5-16-18(11-14)28-20(23-16)24-19-17(3-2-6-21-19)26-7-9-27-10-8-26/h2-6,11-12H,7-10H2,1H3,(H,22,25)(H,21,23,24). The highest BCUT2D eigenvalue weighted by Crippen LogP contribution is 2.34. The van der Waals surface area contributed by atoms with E-state index in [1.165, 1.54) is 0 Å². The van der Waals surface area contributed by atoms with Crippen LogP contribution in [0.4, 0.5) is 16.6 Å². The second kappa shape index (κ2) is 7.21. The maximum Gasteiger partial charge on any atom is 0.189 e. The van der Waals surface area contributed by atoms with E-state index in [2.05, 4.69) is 49.7 Å². The maximum atomic E-state index is 5.47. The lowest BCUT2D eigenvalue weighted by atomic mass is 10.1. The largest absolute Gasteiger partial charge is 0.378 e. The molecule has 4 aromatic rings. The fraction of sp³-hybridized carbons (Fsp3) is 0.250. The summed E-state index contributed by atoms with van der Waals surface area (Å²) in [4.78, 5) is 11.6. The van der Waals surface area contributed by atoms with Crippen molar-refractivity contribution in [3.63, 3.8) is 0 Å². The number of rotatable bonds is 4. The van der Waals surface area contributed by atoms with Gasteiger partial charge in [-0.15, -0.1) is 0 Å². The second-order valence-electron chi connectivity index (χ2n) is 6.71. The molecule has 0 spiro atoms. The average molecular weight is 392 g/mol. The van der Waals surface area contributed by atoms with Crippen LogP contribution in [-0.4, -0.2) is 46.5 Å². The van der Waals surface area contributed by atoms with Gasteiger partial charge >= 0.3 is 0 Å². The smallest absolute Gasteiger partial charge is 0.189 e. The van der Waals surface area contributed by atoms with E-state index in [0.717, 1.165) is 70.0 Å². The molecule has 4 heterocycles. The molecule has 8 heteroatoms. The molecule has 1 fully saturated rings. The van der Waals surface area contributed by atoms with E-state index in [0.29, 0.717) is 0 Å². The Morgan fingerprint density at radius 1 is 1.21 bits per heavy atom. The molecule has 0 unspecified atom stereocenters. The molecule has 1 aliphatic heterocycles. The highest BCUT2D eigenvalue weighted by Gasteiger charge is 2.16. The van der Waals surface area contributed by atoms with Gasteiger partial charge < -0.3 is 15.0 Å². The Hall–Kier alpha value is -2.97. The highest BCUT2D eigenvalue weighted by molar-refractivity contribution is 7.22. The van der Waals surface area contributed by atoms with Crippen molar-refractivity contribution >= 4 is 38.2 Å². The number of fused-ring (bicyclic) bond motifs is 1. The number of aryl methyl sites for hydroxylation is 1. The first-order chi connectivity index (χ1) is 13.8. The van der Waals surface area contributed by atoms with Gasteiger partial charge in [0.1, 0.15) is 0 Å². The summed E-state index contributed by atoms with van der Waals surface area (Å²) in [7, 11) is 0. The van der Waals surface area contributed by atoms with E-state index in [4.69, 9.17) is 9.72 Å². The SMILES string of the molecule is Cc1[nH]ncc1-c1ccc2nc(Nc3ncccc3N3CCOCC3)sc2c1. The number of morpholine rings is 1. The molecular formula is C20H20N6OS. The van der Waals surface area contributed by atoms with Crippen molar-refractivity contribution in [3.8, 4) is 11.1 Å². The third-order valence-corrected chi connectivity index (χ3v) is 5.83. The summed E-state index contributed by atoms with van der Waals surface area (Å²) in [6, 6.07) is 10.4. The van der Waals surface area contributed by atoms with Gasteiger partial charge in [0.2, 0.25) is 0 Å². The van der Waals surface area contributed by atoms with Crippen molar-refractivity contribution in [3.05, 3.63) is 48.4 Å². The van der Waals surface area contributed by atoms with Crippen LogP contribution in [0.15, 0.2) is 42.7 Å². The van der Waals surface area contributed by atoms with E-state index in [9.17, 15) is 0 Å². The van der Waals surface area contributed by atoms with Crippen molar-refractivity contribution in [1.82, 2.24) is 20.2 Å². The summed E-state index contributed by atoms with van der Waals surface area (Å²) in [5, 5.41) is 11.4. The van der Waals surface area contributed by atoms with E-state index < -0.39 is 0 Å². The zero-order valence-electron chi connectivity index (χ0n) is 15.5. The van der Waals surface area contributed by atoms with Crippen LogP contribution < -0.4 is 10.2 Å². The monoisotopic (exact) mass is 392 g/mol. The first-order valence-electron chi connectivity index (χ1n) is 9.23. The molecule has 5 rings (SSSR count). The van der Waals surface area contributed by atoms with Crippen LogP contribution in [0, 0.1) is 6.92 Å². The Bertz CT molecular complexity index is 1110. The van der Waals surface area contributed by atoms with Crippen molar-refractivity contribution < 1.29 is 4.74 Å². The van der Waals surface area contributed by atoms with Gasteiger partial charge in [-0.1, -0.05) is 17.4 Å². The fourth-order valence-corrected chi connectivity index (χ4v) is 4.35. The summed E-state index contributed by atoms with van der Waals surface area (Å²) >= 11 is 1.63. The van der Waals surface area contributed by atoms with Gasteiger partial charge in [-0.3, -0.25) is 5.10 Å². The number of aromatic nitrogens is 4. The van der Waals surface area contributed by atoms with Crippen LogP contribution in [0.1, 0.15) is 5.69 Å². The van der Waals surface area contributed by atoms with Crippen LogP contribution in [0.3, 0.4) is 0 Å². The number of benzene rings is 1. The normalized spacial score (nSPS) is 14.5. The summed E-state index contributed by atoms with van der Waals surface area (Å²) in [6.07, 6.45) is 3.67. The number of anilines is 3. The molecule has 3 aromatic heterocycles.